The maximum absolute atomic E-state index is 12.4. The molecule has 8 heteroatoms. The molecule has 0 radical (unpaired) electrons. The lowest BCUT2D eigenvalue weighted by Crippen LogP contribution is -2.49. The molecule has 3 amide bonds. The fourth-order valence-corrected chi connectivity index (χ4v) is 2.86. The Morgan fingerprint density at radius 2 is 1.76 bits per heavy atom. The van der Waals surface area contributed by atoms with Gasteiger partial charge in [-0.3, -0.25) is 14.4 Å². The molecule has 3 N–H and O–H groups in total. The summed E-state index contributed by atoms with van der Waals surface area (Å²) in [4.78, 5) is 39.3. The van der Waals surface area contributed by atoms with Gasteiger partial charge in [-0.2, -0.15) is 11.8 Å². The Bertz CT molecular complexity index is 419. The quantitative estimate of drug-likeness (QED) is 0.436. The molecule has 0 heterocycles. The van der Waals surface area contributed by atoms with Gasteiger partial charge in [0.05, 0.1) is 6.42 Å². The number of amides is 3. The number of likely N-dealkylation sites (N-methyl/N-ethyl adjacent to an activating group) is 1. The minimum Gasteiger partial charge on any atom is -0.370 e. The molecule has 0 aromatic carbocycles. The average molecular weight is 375 g/mol. The molecule has 0 bridgehead atoms. The fraction of sp³-hybridized carbons (Fsp3) is 0.824. The molecule has 0 fully saturated rings. The van der Waals surface area contributed by atoms with E-state index in [9.17, 15) is 14.4 Å². The highest BCUT2D eigenvalue weighted by Gasteiger charge is 2.27. The number of hydrogen-bond donors (Lipinski definition) is 2. The maximum atomic E-state index is 12.4. The van der Waals surface area contributed by atoms with Crippen molar-refractivity contribution in [3.8, 4) is 0 Å². The van der Waals surface area contributed by atoms with Crippen molar-refractivity contribution in [2.75, 3.05) is 46.2 Å². The fourth-order valence-electron chi connectivity index (χ4n) is 2.37. The van der Waals surface area contributed by atoms with E-state index in [4.69, 9.17) is 5.73 Å². The monoisotopic (exact) mass is 374 g/mol. The first-order valence-corrected chi connectivity index (χ1v) is 10.1. The lowest BCUT2D eigenvalue weighted by molar-refractivity contribution is -0.140. The summed E-state index contributed by atoms with van der Waals surface area (Å²) in [6, 6.07) is -0.837. The number of rotatable bonds is 14. The molecule has 0 saturated heterocycles. The second-order valence-corrected chi connectivity index (χ2v) is 7.43. The Kier molecular flexibility index (Phi) is 13.2. The van der Waals surface area contributed by atoms with Crippen molar-refractivity contribution in [1.29, 1.82) is 0 Å². The van der Waals surface area contributed by atoms with Gasteiger partial charge in [-0.25, -0.2) is 0 Å². The number of carbonyl (C=O) groups is 3. The zero-order chi connectivity index (χ0) is 19.2. The molecule has 0 rings (SSSR count). The van der Waals surface area contributed by atoms with Crippen LogP contribution in [0.3, 0.4) is 0 Å². The third kappa shape index (κ3) is 11.8. The largest absolute Gasteiger partial charge is 0.370 e. The van der Waals surface area contributed by atoms with E-state index in [0.29, 0.717) is 13.0 Å². The van der Waals surface area contributed by atoms with E-state index in [1.807, 2.05) is 19.0 Å². The predicted octanol–water partition coefficient (Wildman–Crippen LogP) is 0.680. The van der Waals surface area contributed by atoms with E-state index in [-0.39, 0.29) is 18.2 Å². The molecule has 146 valence electrons. The summed E-state index contributed by atoms with van der Waals surface area (Å²) >= 11 is 1.79. The molecule has 25 heavy (non-hydrogen) atoms. The molecule has 0 aromatic heterocycles. The first kappa shape index (κ1) is 23.7. The second kappa shape index (κ2) is 13.9. The van der Waals surface area contributed by atoms with E-state index in [1.54, 1.807) is 18.8 Å². The summed E-state index contributed by atoms with van der Waals surface area (Å²) in [6.07, 6.45) is 5.94. The molecule has 0 aromatic rings. The van der Waals surface area contributed by atoms with Gasteiger partial charge in [0.1, 0.15) is 6.04 Å². The van der Waals surface area contributed by atoms with Crippen molar-refractivity contribution in [2.24, 2.45) is 5.73 Å². The number of hydrogen-bond acceptors (Lipinski definition) is 5. The third-order valence-corrected chi connectivity index (χ3v) is 4.58. The molecular formula is C17H34N4O3S. The topological polar surface area (TPSA) is 95.7 Å². The highest BCUT2D eigenvalue weighted by atomic mass is 32.2. The highest BCUT2D eigenvalue weighted by molar-refractivity contribution is 7.98. The Labute approximate surface area is 156 Å². The van der Waals surface area contributed by atoms with Crippen LogP contribution in [0.1, 0.15) is 38.5 Å². The smallest absolute Gasteiger partial charge is 0.243 e. The van der Waals surface area contributed by atoms with E-state index < -0.39 is 11.9 Å². The van der Waals surface area contributed by atoms with Crippen molar-refractivity contribution < 1.29 is 14.4 Å². The van der Waals surface area contributed by atoms with Crippen molar-refractivity contribution >= 4 is 29.5 Å². The van der Waals surface area contributed by atoms with Crippen molar-refractivity contribution in [2.45, 2.75) is 44.6 Å². The van der Waals surface area contributed by atoms with Gasteiger partial charge in [0, 0.05) is 20.0 Å². The van der Waals surface area contributed by atoms with Gasteiger partial charge in [0.15, 0.2) is 0 Å². The number of nitrogens with two attached hydrogens (primary N) is 1. The van der Waals surface area contributed by atoms with Crippen LogP contribution in [-0.4, -0.2) is 79.8 Å². The van der Waals surface area contributed by atoms with Crippen LogP contribution in [0.15, 0.2) is 0 Å². The molecule has 0 saturated carbocycles. The number of unbranched alkanes of at least 4 members (excludes halogenated alkanes) is 2. The van der Waals surface area contributed by atoms with Crippen LogP contribution in [0.4, 0.5) is 0 Å². The van der Waals surface area contributed by atoms with E-state index in [0.717, 1.165) is 38.0 Å². The van der Waals surface area contributed by atoms with Crippen LogP contribution in [0.25, 0.3) is 0 Å². The van der Waals surface area contributed by atoms with Gasteiger partial charge in [-0.05, 0) is 51.9 Å². The van der Waals surface area contributed by atoms with E-state index in [1.165, 1.54) is 4.90 Å². The standard InChI is InChI=1S/C17H34N4O3S/c1-20(2)11-8-10-19-17(24)14(13-15(18)22)21(3)16(23)9-6-5-7-12-25-4/h14H,5-13H2,1-4H3,(H2,18,22)(H,19,24)/t14-/m0/s1. The average Bonchev–Trinajstić information content (AvgIpc) is 2.55. The third-order valence-electron chi connectivity index (χ3n) is 3.88. The van der Waals surface area contributed by atoms with Crippen LogP contribution in [0.2, 0.25) is 0 Å². The minimum absolute atomic E-state index is 0.126. The van der Waals surface area contributed by atoms with Crippen LogP contribution in [0, 0.1) is 0 Å². The zero-order valence-electron chi connectivity index (χ0n) is 16.0. The van der Waals surface area contributed by atoms with Gasteiger partial charge < -0.3 is 20.9 Å². The lowest BCUT2D eigenvalue weighted by Gasteiger charge is -2.26. The summed E-state index contributed by atoms with van der Waals surface area (Å²) < 4.78 is 0. The Morgan fingerprint density at radius 1 is 1.08 bits per heavy atom. The van der Waals surface area contributed by atoms with Crippen molar-refractivity contribution in [3.63, 3.8) is 0 Å². The number of primary amides is 1. The van der Waals surface area contributed by atoms with Crippen LogP contribution >= 0.6 is 11.8 Å². The Hall–Kier alpha value is -1.28. The number of nitrogens with one attached hydrogen (secondary N) is 1. The number of thioether (sulfide) groups is 1. The summed E-state index contributed by atoms with van der Waals surface area (Å²) in [5, 5.41) is 2.79. The first-order valence-electron chi connectivity index (χ1n) is 8.75. The minimum atomic E-state index is -0.837. The molecule has 0 unspecified atom stereocenters. The summed E-state index contributed by atoms with van der Waals surface area (Å²) in [7, 11) is 5.49. The molecule has 0 aliphatic rings. The summed E-state index contributed by atoms with van der Waals surface area (Å²) in [5.41, 5.74) is 5.25. The Balaban J connectivity index is 4.48. The van der Waals surface area contributed by atoms with Crippen LogP contribution in [-0.2, 0) is 14.4 Å². The molecule has 0 spiro atoms. The molecule has 0 aliphatic carbocycles. The maximum Gasteiger partial charge on any atom is 0.243 e. The Morgan fingerprint density at radius 3 is 2.32 bits per heavy atom. The summed E-state index contributed by atoms with van der Waals surface area (Å²) in [5.74, 6) is 0.0478. The van der Waals surface area contributed by atoms with Gasteiger partial charge in [-0.15, -0.1) is 0 Å². The van der Waals surface area contributed by atoms with Crippen molar-refractivity contribution in [1.82, 2.24) is 15.1 Å². The van der Waals surface area contributed by atoms with Gasteiger partial charge in [-0.1, -0.05) is 6.42 Å². The van der Waals surface area contributed by atoms with E-state index in [2.05, 4.69) is 11.6 Å². The highest BCUT2D eigenvalue weighted by Crippen LogP contribution is 2.10. The lowest BCUT2D eigenvalue weighted by atomic mass is 10.1. The SMILES string of the molecule is CSCCCCCC(=O)N(C)[C@@H](CC(N)=O)C(=O)NCCCN(C)C. The number of carbonyl (C=O) groups excluding carboxylic acids is 3. The molecule has 7 nitrogen and oxygen atoms in total. The van der Waals surface area contributed by atoms with Gasteiger partial charge >= 0.3 is 0 Å². The second-order valence-electron chi connectivity index (χ2n) is 6.44. The van der Waals surface area contributed by atoms with Gasteiger partial charge in [0.2, 0.25) is 17.7 Å². The molecule has 0 aliphatic heterocycles. The summed E-state index contributed by atoms with van der Waals surface area (Å²) in [6.45, 7) is 1.36. The molecular weight excluding hydrogens is 340 g/mol. The van der Waals surface area contributed by atoms with Crippen LogP contribution in [0.5, 0.6) is 0 Å². The normalized spacial score (nSPS) is 12.0. The van der Waals surface area contributed by atoms with E-state index >= 15 is 0 Å². The molecule has 1 atom stereocenters. The first-order chi connectivity index (χ1) is 11.8. The van der Waals surface area contributed by atoms with Crippen LogP contribution < -0.4 is 11.1 Å². The van der Waals surface area contributed by atoms with Crippen molar-refractivity contribution in [3.05, 3.63) is 0 Å². The zero-order valence-corrected chi connectivity index (χ0v) is 16.9. The predicted molar refractivity (Wildman–Crippen MR) is 103 cm³/mol. The van der Waals surface area contributed by atoms with Gasteiger partial charge in [0.25, 0.3) is 0 Å². The number of nitrogens with zero attached hydrogens (tertiary/aromatic N) is 2.